The number of aliphatic hydroxyl groups excluding tert-OH is 2. The van der Waals surface area contributed by atoms with Crippen LogP contribution in [-0.2, 0) is 9.59 Å². The first kappa shape index (κ1) is 24.6. The van der Waals surface area contributed by atoms with Crippen LogP contribution in [0.4, 0.5) is 0 Å². The van der Waals surface area contributed by atoms with Gasteiger partial charge in [-0.25, -0.2) is 0 Å². The molecule has 176 valence electrons. The number of hydrogen-bond donors (Lipinski definition) is 2. The molecule has 3 rings (SSSR count). The summed E-state index contributed by atoms with van der Waals surface area (Å²) in [7, 11) is 0. The van der Waals surface area contributed by atoms with Crippen molar-refractivity contribution in [3.8, 4) is 11.5 Å². The van der Waals surface area contributed by atoms with Crippen molar-refractivity contribution in [3.63, 3.8) is 0 Å². The maximum atomic E-state index is 13.1. The highest BCUT2D eigenvalue weighted by molar-refractivity contribution is 6.47. The van der Waals surface area contributed by atoms with E-state index in [2.05, 4.69) is 0 Å². The minimum Gasteiger partial charge on any atom is -0.507 e. The topological polar surface area (TPSA) is 96.3 Å². The Bertz CT molecular complexity index is 1050. The van der Waals surface area contributed by atoms with Gasteiger partial charge in [0, 0.05) is 12.1 Å². The van der Waals surface area contributed by atoms with E-state index in [1.807, 2.05) is 13.8 Å². The van der Waals surface area contributed by atoms with Crippen LogP contribution in [0.25, 0.3) is 5.76 Å². The number of rotatable bonds is 10. The average molecular weight is 474 g/mol. The number of halogens is 1. The molecule has 1 heterocycles. The van der Waals surface area contributed by atoms with Crippen molar-refractivity contribution in [1.29, 1.82) is 0 Å². The predicted molar refractivity (Wildman–Crippen MR) is 126 cm³/mol. The fourth-order valence-electron chi connectivity index (χ4n) is 3.81. The van der Waals surface area contributed by atoms with Crippen molar-refractivity contribution in [1.82, 2.24) is 4.90 Å². The lowest BCUT2D eigenvalue weighted by atomic mass is 9.95. The van der Waals surface area contributed by atoms with Gasteiger partial charge in [-0.05, 0) is 49.2 Å². The van der Waals surface area contributed by atoms with Gasteiger partial charge in [0.15, 0.2) is 0 Å². The van der Waals surface area contributed by atoms with E-state index in [9.17, 15) is 14.7 Å². The molecule has 0 spiro atoms. The summed E-state index contributed by atoms with van der Waals surface area (Å²) in [5.74, 6) is -0.828. The highest BCUT2D eigenvalue weighted by Gasteiger charge is 2.46. The third-order valence-electron chi connectivity index (χ3n) is 5.33. The lowest BCUT2D eigenvalue weighted by Crippen LogP contribution is -2.30. The molecule has 0 aromatic heterocycles. The van der Waals surface area contributed by atoms with Gasteiger partial charge >= 0.3 is 0 Å². The Morgan fingerprint density at radius 3 is 2.55 bits per heavy atom. The molecule has 1 atom stereocenters. The number of carbonyl (C=O) groups is 2. The Labute approximate surface area is 198 Å². The number of benzene rings is 2. The van der Waals surface area contributed by atoms with Crippen LogP contribution >= 0.6 is 11.6 Å². The Balaban J connectivity index is 2.16. The minimum atomic E-state index is -0.805. The first-order valence-electron chi connectivity index (χ1n) is 11.0. The molecule has 2 N–H and O–H groups in total. The molecule has 1 unspecified atom stereocenters. The van der Waals surface area contributed by atoms with Crippen LogP contribution < -0.4 is 9.47 Å². The summed E-state index contributed by atoms with van der Waals surface area (Å²) >= 11 is 6.35. The lowest BCUT2D eigenvalue weighted by Gasteiger charge is -2.25. The zero-order valence-corrected chi connectivity index (χ0v) is 19.5. The largest absolute Gasteiger partial charge is 0.507 e. The van der Waals surface area contributed by atoms with Gasteiger partial charge < -0.3 is 24.6 Å². The zero-order chi connectivity index (χ0) is 24.0. The number of ether oxygens (including phenoxy) is 2. The summed E-state index contributed by atoms with van der Waals surface area (Å²) in [6, 6.07) is 10.9. The van der Waals surface area contributed by atoms with Gasteiger partial charge in [0.1, 0.15) is 23.9 Å². The third-order valence-corrected chi connectivity index (χ3v) is 5.66. The fraction of sp³-hybridized carbons (Fsp3) is 0.360. The second kappa shape index (κ2) is 11.2. The van der Waals surface area contributed by atoms with E-state index < -0.39 is 17.7 Å². The Morgan fingerprint density at radius 2 is 1.85 bits per heavy atom. The molecule has 1 amide bonds. The maximum absolute atomic E-state index is 13.1. The first-order valence-corrected chi connectivity index (χ1v) is 11.3. The van der Waals surface area contributed by atoms with Crippen LogP contribution in [0.5, 0.6) is 11.5 Å². The number of ketones is 1. The number of Topliss-reactive ketones (excluding diaryl/α,β-unsaturated/α-hetero) is 1. The fourth-order valence-corrected chi connectivity index (χ4v) is 4.02. The molecule has 2 aromatic carbocycles. The Hall–Kier alpha value is -3.03. The molecular formula is C25H28ClNO6. The van der Waals surface area contributed by atoms with Crippen LogP contribution in [0, 0.1) is 0 Å². The molecule has 7 nitrogen and oxygen atoms in total. The van der Waals surface area contributed by atoms with Crippen molar-refractivity contribution in [2.24, 2.45) is 0 Å². The molecule has 1 fully saturated rings. The molecule has 33 heavy (non-hydrogen) atoms. The summed E-state index contributed by atoms with van der Waals surface area (Å²) in [6.45, 7) is 4.57. The van der Waals surface area contributed by atoms with Crippen LogP contribution in [0.3, 0.4) is 0 Å². The van der Waals surface area contributed by atoms with Gasteiger partial charge in [0.05, 0.1) is 29.9 Å². The molecule has 2 aromatic rings. The van der Waals surface area contributed by atoms with E-state index in [0.717, 1.165) is 6.42 Å². The molecule has 0 radical (unpaired) electrons. The highest BCUT2D eigenvalue weighted by atomic mass is 35.5. The van der Waals surface area contributed by atoms with Gasteiger partial charge in [0.25, 0.3) is 11.7 Å². The van der Waals surface area contributed by atoms with Crippen molar-refractivity contribution in [3.05, 3.63) is 64.2 Å². The highest BCUT2D eigenvalue weighted by Crippen LogP contribution is 2.41. The number of hydrogen-bond acceptors (Lipinski definition) is 6. The zero-order valence-electron chi connectivity index (χ0n) is 18.7. The van der Waals surface area contributed by atoms with Crippen LogP contribution in [0.1, 0.15) is 43.9 Å². The molecule has 1 saturated heterocycles. The SMILES string of the molecule is CCCCN1C(=O)C(=O)/C(=C(/O)c2cc(OCC)ccc2Cl)C1c1cccc(OCCO)c1. The van der Waals surface area contributed by atoms with Crippen LogP contribution in [0.2, 0.25) is 5.02 Å². The second-order valence-corrected chi connectivity index (χ2v) is 7.97. The quantitative estimate of drug-likeness (QED) is 0.303. The van der Waals surface area contributed by atoms with Gasteiger partial charge in [-0.1, -0.05) is 37.1 Å². The normalized spacial score (nSPS) is 17.5. The van der Waals surface area contributed by atoms with Crippen LogP contribution in [-0.4, -0.2) is 53.2 Å². The van der Waals surface area contributed by atoms with E-state index in [0.29, 0.717) is 36.6 Å². The Morgan fingerprint density at radius 1 is 1.09 bits per heavy atom. The van der Waals surface area contributed by atoms with Gasteiger partial charge in [-0.15, -0.1) is 0 Å². The van der Waals surface area contributed by atoms with Crippen molar-refractivity contribution < 1.29 is 29.3 Å². The third kappa shape index (κ3) is 5.31. The summed E-state index contributed by atoms with van der Waals surface area (Å²) in [5, 5.41) is 20.5. The standard InChI is InChI=1S/C25H28ClNO6/c1-3-5-11-27-22(16-7-6-8-17(14-16)33-13-12-28)21(24(30)25(27)31)23(29)19-15-18(32-4-2)9-10-20(19)26/h6-10,14-15,22,28-29H,3-5,11-13H2,1-2H3/b23-21+. The molecular weight excluding hydrogens is 446 g/mol. The molecule has 1 aliphatic heterocycles. The summed E-state index contributed by atoms with van der Waals surface area (Å²) in [4.78, 5) is 27.5. The first-order chi connectivity index (χ1) is 15.9. The van der Waals surface area contributed by atoms with Gasteiger partial charge in [-0.3, -0.25) is 9.59 Å². The number of unbranched alkanes of at least 4 members (excludes halogenated alkanes) is 1. The predicted octanol–water partition coefficient (Wildman–Crippen LogP) is 4.33. The summed E-state index contributed by atoms with van der Waals surface area (Å²) in [6.07, 6.45) is 1.53. The van der Waals surface area contributed by atoms with Crippen LogP contribution in [0.15, 0.2) is 48.0 Å². The van der Waals surface area contributed by atoms with Gasteiger partial charge in [0.2, 0.25) is 0 Å². The number of aliphatic hydroxyl groups is 2. The van der Waals surface area contributed by atoms with Gasteiger partial charge in [-0.2, -0.15) is 0 Å². The van der Waals surface area contributed by atoms with E-state index in [1.54, 1.807) is 42.5 Å². The van der Waals surface area contributed by atoms with Crippen molar-refractivity contribution in [2.75, 3.05) is 26.4 Å². The maximum Gasteiger partial charge on any atom is 0.295 e. The number of nitrogens with zero attached hydrogens (tertiary/aromatic N) is 1. The summed E-state index contributed by atoms with van der Waals surface area (Å²) < 4.78 is 11.0. The number of carbonyl (C=O) groups excluding carboxylic acids is 2. The molecule has 8 heteroatoms. The molecule has 1 aliphatic rings. The minimum absolute atomic E-state index is 0.0361. The summed E-state index contributed by atoms with van der Waals surface area (Å²) in [5.41, 5.74) is 0.791. The van der Waals surface area contributed by atoms with Crippen molar-refractivity contribution in [2.45, 2.75) is 32.7 Å². The number of amides is 1. The average Bonchev–Trinajstić information content (AvgIpc) is 3.07. The van der Waals surface area contributed by atoms with Crippen molar-refractivity contribution >= 4 is 29.1 Å². The molecule has 0 aliphatic carbocycles. The van der Waals surface area contributed by atoms with E-state index in [-0.39, 0.29) is 35.1 Å². The van der Waals surface area contributed by atoms with E-state index >= 15 is 0 Å². The van der Waals surface area contributed by atoms with E-state index in [1.165, 1.54) is 4.90 Å². The molecule has 0 saturated carbocycles. The number of likely N-dealkylation sites (tertiary alicyclic amines) is 1. The lowest BCUT2D eigenvalue weighted by molar-refractivity contribution is -0.139. The smallest absolute Gasteiger partial charge is 0.295 e. The monoisotopic (exact) mass is 473 g/mol. The van der Waals surface area contributed by atoms with E-state index in [4.69, 9.17) is 26.2 Å². The molecule has 0 bridgehead atoms. The Kier molecular flexibility index (Phi) is 8.36. The second-order valence-electron chi connectivity index (χ2n) is 7.57.